The van der Waals surface area contributed by atoms with Crippen LogP contribution in [0.1, 0.15) is 31.9 Å². The number of hydrogen-bond donors (Lipinski definition) is 0. The van der Waals surface area contributed by atoms with Crippen molar-refractivity contribution in [1.29, 1.82) is 0 Å². The van der Waals surface area contributed by atoms with E-state index in [0.717, 1.165) is 0 Å². The molecule has 0 unspecified atom stereocenters. The van der Waals surface area contributed by atoms with E-state index in [0.29, 0.717) is 24.1 Å². The molecule has 7 heteroatoms. The van der Waals surface area contributed by atoms with Crippen LogP contribution < -0.4 is 4.74 Å². The summed E-state index contributed by atoms with van der Waals surface area (Å²) in [4.78, 5) is 17.4. The highest BCUT2D eigenvalue weighted by Gasteiger charge is 2.30. The highest BCUT2D eigenvalue weighted by molar-refractivity contribution is 6.30. The minimum atomic E-state index is -0.579. The monoisotopic (exact) mass is 316 g/mol. The zero-order valence-electron chi connectivity index (χ0n) is 12.5. The van der Waals surface area contributed by atoms with Gasteiger partial charge >= 0.3 is 6.09 Å². The van der Waals surface area contributed by atoms with Crippen molar-refractivity contribution >= 4 is 17.7 Å². The number of carbonyl (C=O) groups excluding carboxylic acids is 1. The second kappa shape index (κ2) is 5.67. The molecule has 0 N–H and O–H groups in total. The van der Waals surface area contributed by atoms with Gasteiger partial charge in [-0.2, -0.15) is 4.98 Å². The van der Waals surface area contributed by atoms with E-state index in [1.165, 1.54) is 12.0 Å². The first-order chi connectivity index (χ1) is 9.73. The van der Waals surface area contributed by atoms with Crippen molar-refractivity contribution in [2.45, 2.75) is 39.3 Å². The Kier molecular flexibility index (Phi) is 4.27. The maximum Gasteiger partial charge on any atom is 0.410 e. The van der Waals surface area contributed by atoms with Crippen LogP contribution in [-0.4, -0.2) is 35.2 Å². The lowest BCUT2D eigenvalue weighted by Crippen LogP contribution is -2.40. The first-order valence-corrected chi connectivity index (χ1v) is 6.99. The largest absolute Gasteiger partial charge is 0.479 e. The number of amides is 1. The molecule has 21 heavy (non-hydrogen) atoms. The number of halogens is 2. The van der Waals surface area contributed by atoms with E-state index in [2.05, 4.69) is 4.98 Å². The lowest BCUT2D eigenvalue weighted by atomic mass is 10.0. The summed E-state index contributed by atoms with van der Waals surface area (Å²) < 4.78 is 24.3. The Labute approximate surface area is 128 Å². The molecule has 0 bridgehead atoms. The number of pyridine rings is 1. The average molecular weight is 317 g/mol. The minimum absolute atomic E-state index is 0.121. The van der Waals surface area contributed by atoms with Crippen LogP contribution in [0.4, 0.5) is 9.18 Å². The fraction of sp³-hybridized carbons (Fsp3) is 0.571. The number of aromatic nitrogens is 1. The van der Waals surface area contributed by atoms with E-state index < -0.39 is 17.5 Å². The Morgan fingerprint density at radius 2 is 2.05 bits per heavy atom. The molecule has 0 fully saturated rings. The highest BCUT2D eigenvalue weighted by atomic mass is 35.5. The van der Waals surface area contributed by atoms with E-state index in [-0.39, 0.29) is 17.6 Å². The average Bonchev–Trinajstić information content (AvgIpc) is 2.40. The molecule has 1 aliphatic rings. The third kappa shape index (κ3) is 3.37. The van der Waals surface area contributed by atoms with Crippen LogP contribution in [0, 0.1) is 5.82 Å². The Morgan fingerprint density at radius 3 is 2.62 bits per heavy atom. The molecule has 1 aromatic rings. The molecule has 2 rings (SSSR count). The molecule has 2 heterocycles. The Morgan fingerprint density at radius 1 is 1.38 bits per heavy atom. The van der Waals surface area contributed by atoms with Crippen molar-refractivity contribution in [3.05, 3.63) is 22.1 Å². The summed E-state index contributed by atoms with van der Waals surface area (Å²) in [7, 11) is 1.34. The van der Waals surface area contributed by atoms with Crippen LogP contribution >= 0.6 is 11.6 Å². The number of rotatable bonds is 1. The van der Waals surface area contributed by atoms with Crippen LogP contribution in [0.25, 0.3) is 0 Å². The Balaban J connectivity index is 2.25. The van der Waals surface area contributed by atoms with Gasteiger partial charge in [-0.1, -0.05) is 11.6 Å². The van der Waals surface area contributed by atoms with Crippen molar-refractivity contribution in [2.75, 3.05) is 13.7 Å². The summed E-state index contributed by atoms with van der Waals surface area (Å²) in [6.45, 7) is 5.92. The van der Waals surface area contributed by atoms with Gasteiger partial charge in [0.2, 0.25) is 0 Å². The van der Waals surface area contributed by atoms with Gasteiger partial charge < -0.3 is 14.4 Å². The smallest absolute Gasteiger partial charge is 0.410 e. The van der Waals surface area contributed by atoms with Gasteiger partial charge in [-0.05, 0) is 27.2 Å². The van der Waals surface area contributed by atoms with Gasteiger partial charge in [0.1, 0.15) is 10.8 Å². The SMILES string of the molecule is COc1nc(Cl)c2c(c1F)CCN(C(=O)OC(C)(C)C)C2. The normalized spacial score (nSPS) is 14.7. The lowest BCUT2D eigenvalue weighted by Gasteiger charge is -2.31. The van der Waals surface area contributed by atoms with Crippen LogP contribution in [0.15, 0.2) is 0 Å². The molecule has 1 amide bonds. The predicted octanol–water partition coefficient (Wildman–Crippen LogP) is 3.18. The van der Waals surface area contributed by atoms with E-state index in [1.807, 2.05) is 0 Å². The number of hydrogen-bond acceptors (Lipinski definition) is 4. The zero-order chi connectivity index (χ0) is 15.8. The minimum Gasteiger partial charge on any atom is -0.479 e. The second-order valence-corrected chi connectivity index (χ2v) is 6.19. The topological polar surface area (TPSA) is 51.7 Å². The summed E-state index contributed by atoms with van der Waals surface area (Å²) in [5.41, 5.74) is 0.378. The number of methoxy groups -OCH3 is 1. The van der Waals surface area contributed by atoms with Gasteiger partial charge in [0.05, 0.1) is 13.7 Å². The molecular formula is C14H18ClFN2O3. The quantitative estimate of drug-likeness (QED) is 0.747. The van der Waals surface area contributed by atoms with Crippen LogP contribution in [0.2, 0.25) is 5.15 Å². The van der Waals surface area contributed by atoms with Crippen molar-refractivity contribution in [3.63, 3.8) is 0 Å². The third-order valence-electron chi connectivity index (χ3n) is 3.09. The fourth-order valence-corrected chi connectivity index (χ4v) is 2.40. The summed E-state index contributed by atoms with van der Waals surface area (Å²) in [5, 5.41) is 0.150. The van der Waals surface area contributed by atoms with Gasteiger partial charge in [-0.15, -0.1) is 0 Å². The molecule has 0 spiro atoms. The lowest BCUT2D eigenvalue weighted by molar-refractivity contribution is 0.0222. The van der Waals surface area contributed by atoms with Crippen molar-refractivity contribution < 1.29 is 18.7 Å². The van der Waals surface area contributed by atoms with E-state index in [4.69, 9.17) is 21.1 Å². The Bertz CT molecular complexity index is 572. The van der Waals surface area contributed by atoms with Crippen LogP contribution in [-0.2, 0) is 17.7 Å². The summed E-state index contributed by atoms with van der Waals surface area (Å²) in [6.07, 6.45) is -0.0978. The van der Waals surface area contributed by atoms with Gasteiger partial charge in [0, 0.05) is 17.7 Å². The molecule has 1 aliphatic heterocycles. The summed E-state index contributed by atoms with van der Waals surface area (Å²) in [6, 6.07) is 0. The third-order valence-corrected chi connectivity index (χ3v) is 3.40. The molecule has 1 aromatic heterocycles. The molecule has 0 saturated carbocycles. The fourth-order valence-electron chi connectivity index (χ4n) is 2.15. The maximum absolute atomic E-state index is 14.2. The van der Waals surface area contributed by atoms with E-state index in [1.54, 1.807) is 20.8 Å². The number of carbonyl (C=O) groups is 1. The number of nitrogens with zero attached hydrogens (tertiary/aromatic N) is 2. The number of fused-ring (bicyclic) bond motifs is 1. The van der Waals surface area contributed by atoms with Gasteiger partial charge in [0.15, 0.2) is 5.82 Å². The maximum atomic E-state index is 14.2. The van der Waals surface area contributed by atoms with Crippen molar-refractivity contribution in [1.82, 2.24) is 9.88 Å². The second-order valence-electron chi connectivity index (χ2n) is 5.83. The van der Waals surface area contributed by atoms with Crippen LogP contribution in [0.3, 0.4) is 0 Å². The molecule has 116 valence electrons. The Hall–Kier alpha value is -1.56. The molecule has 0 aliphatic carbocycles. The predicted molar refractivity (Wildman–Crippen MR) is 76.1 cm³/mol. The molecular weight excluding hydrogens is 299 g/mol. The van der Waals surface area contributed by atoms with Crippen LogP contribution in [0.5, 0.6) is 5.88 Å². The zero-order valence-corrected chi connectivity index (χ0v) is 13.3. The van der Waals surface area contributed by atoms with Gasteiger partial charge in [-0.3, -0.25) is 0 Å². The summed E-state index contributed by atoms with van der Waals surface area (Å²) in [5.74, 6) is -0.634. The first-order valence-electron chi connectivity index (χ1n) is 6.61. The molecule has 0 atom stereocenters. The highest BCUT2D eigenvalue weighted by Crippen LogP contribution is 2.32. The molecule has 0 saturated heterocycles. The molecule has 0 radical (unpaired) electrons. The first kappa shape index (κ1) is 15.8. The molecule has 0 aromatic carbocycles. The standard InChI is InChI=1S/C14H18ClFN2O3/c1-14(2,3)21-13(19)18-6-5-8-9(7-18)11(15)17-12(20-4)10(8)16/h5-7H2,1-4H3. The number of ether oxygens (including phenoxy) is 2. The van der Waals surface area contributed by atoms with Gasteiger partial charge in [0.25, 0.3) is 5.88 Å². The van der Waals surface area contributed by atoms with E-state index >= 15 is 0 Å². The van der Waals surface area contributed by atoms with Crippen molar-refractivity contribution in [2.24, 2.45) is 0 Å². The summed E-state index contributed by atoms with van der Waals surface area (Å²) >= 11 is 6.06. The van der Waals surface area contributed by atoms with Gasteiger partial charge in [-0.25, -0.2) is 9.18 Å². The van der Waals surface area contributed by atoms with Crippen molar-refractivity contribution in [3.8, 4) is 5.88 Å². The van der Waals surface area contributed by atoms with E-state index in [9.17, 15) is 9.18 Å². The molecule has 5 nitrogen and oxygen atoms in total.